The van der Waals surface area contributed by atoms with E-state index >= 15 is 0 Å². The van der Waals surface area contributed by atoms with Gasteiger partial charge in [-0.25, -0.2) is 0 Å². The third kappa shape index (κ3) is 6.90. The maximum Gasteiger partial charge on any atom is 0.221 e. The van der Waals surface area contributed by atoms with Crippen LogP contribution >= 0.6 is 0 Å². The van der Waals surface area contributed by atoms with Crippen molar-refractivity contribution in [2.75, 3.05) is 50.9 Å². The number of likely N-dealkylation sites (N-methyl/N-ethyl adjacent to an activating group) is 2. The topological polar surface area (TPSA) is 81.8 Å². The second kappa shape index (κ2) is 11.5. The molecule has 2 fully saturated rings. The number of piperidine rings is 2. The van der Waals surface area contributed by atoms with Gasteiger partial charge in [0.05, 0.1) is 0 Å². The highest BCUT2D eigenvalue weighted by molar-refractivity contribution is 6.13. The van der Waals surface area contributed by atoms with Crippen LogP contribution in [0.5, 0.6) is 0 Å². The number of benzene rings is 2. The summed E-state index contributed by atoms with van der Waals surface area (Å²) in [6.45, 7) is 5.86. The SMILES string of the molecule is CC(=O)Nc1ccc(/C=C2\CN(C)CC\C2=C2\CN(C)C/C(=C\c3ccc(NC(C)=O)cc3)C2=O)cc1. The van der Waals surface area contributed by atoms with Gasteiger partial charge in [-0.1, -0.05) is 30.3 Å². The Kier molecular flexibility index (Phi) is 8.16. The second-order valence-corrected chi connectivity index (χ2v) is 9.89. The van der Waals surface area contributed by atoms with Gasteiger partial charge >= 0.3 is 0 Å². The maximum atomic E-state index is 13.7. The summed E-state index contributed by atoms with van der Waals surface area (Å²) in [5.74, 6) is -0.105. The van der Waals surface area contributed by atoms with Crippen molar-refractivity contribution in [3.63, 3.8) is 0 Å². The number of nitrogens with zero attached hydrogens (tertiary/aromatic N) is 2. The maximum absolute atomic E-state index is 13.7. The first kappa shape index (κ1) is 26.3. The number of likely N-dealkylation sites (tertiary alicyclic amines) is 2. The molecule has 192 valence electrons. The minimum atomic E-state index is -0.114. The molecule has 0 bridgehead atoms. The van der Waals surface area contributed by atoms with Crippen LogP contribution < -0.4 is 10.6 Å². The Morgan fingerprint density at radius 3 is 1.70 bits per heavy atom. The molecule has 4 rings (SSSR count). The Labute approximate surface area is 218 Å². The summed E-state index contributed by atoms with van der Waals surface area (Å²) in [5.41, 5.74) is 7.37. The van der Waals surface area contributed by atoms with Crippen molar-refractivity contribution in [3.05, 3.63) is 82.0 Å². The van der Waals surface area contributed by atoms with Gasteiger partial charge in [-0.3, -0.25) is 19.3 Å². The molecule has 0 unspecified atom stereocenters. The van der Waals surface area contributed by atoms with Gasteiger partial charge in [-0.2, -0.15) is 0 Å². The lowest BCUT2D eigenvalue weighted by atomic mass is 9.85. The van der Waals surface area contributed by atoms with Crippen LogP contribution in [0.2, 0.25) is 0 Å². The first-order valence-electron chi connectivity index (χ1n) is 12.5. The highest BCUT2D eigenvalue weighted by Gasteiger charge is 2.29. The number of amides is 2. The molecule has 0 saturated carbocycles. The van der Waals surface area contributed by atoms with Crippen LogP contribution in [0.3, 0.4) is 0 Å². The standard InChI is InChI=1S/C30H34N4O3/c1-20(35)31-26-9-5-22(6-10-26)15-24-17-33(3)14-13-28(24)29-19-34(4)18-25(30(29)37)16-23-7-11-27(12-8-23)32-21(2)36/h5-12,15-16H,13-14,17-19H2,1-4H3,(H,31,35)(H,32,36)/b24-15+,25-16+,29-28+. The molecule has 2 aliphatic rings. The minimum Gasteiger partial charge on any atom is -0.326 e. The number of rotatable bonds is 4. The van der Waals surface area contributed by atoms with Gasteiger partial charge in [0.1, 0.15) is 0 Å². The van der Waals surface area contributed by atoms with Crippen LogP contribution in [0.1, 0.15) is 31.4 Å². The van der Waals surface area contributed by atoms with Crippen molar-refractivity contribution in [1.29, 1.82) is 0 Å². The van der Waals surface area contributed by atoms with Crippen molar-refractivity contribution in [1.82, 2.24) is 9.80 Å². The molecule has 2 amide bonds. The molecule has 2 heterocycles. The van der Waals surface area contributed by atoms with E-state index in [1.807, 2.05) is 61.7 Å². The fourth-order valence-corrected chi connectivity index (χ4v) is 4.84. The van der Waals surface area contributed by atoms with Gasteiger partial charge in [0, 0.05) is 62.5 Å². The molecular weight excluding hydrogens is 464 g/mol. The molecule has 0 aliphatic carbocycles. The number of carbonyl (C=O) groups excluding carboxylic acids is 3. The molecule has 0 aromatic heterocycles. The molecule has 7 heteroatoms. The van der Waals surface area contributed by atoms with E-state index in [0.29, 0.717) is 13.1 Å². The van der Waals surface area contributed by atoms with Crippen LogP contribution in [0.4, 0.5) is 11.4 Å². The van der Waals surface area contributed by atoms with Gasteiger partial charge in [0.15, 0.2) is 5.78 Å². The van der Waals surface area contributed by atoms with Crippen LogP contribution in [0.25, 0.3) is 12.2 Å². The molecular formula is C30H34N4O3. The van der Waals surface area contributed by atoms with E-state index in [1.165, 1.54) is 13.8 Å². The molecule has 2 aromatic rings. The fraction of sp³-hybridized carbons (Fsp3) is 0.300. The molecule has 2 saturated heterocycles. The molecule has 37 heavy (non-hydrogen) atoms. The van der Waals surface area contributed by atoms with E-state index in [9.17, 15) is 14.4 Å². The predicted octanol–water partition coefficient (Wildman–Crippen LogP) is 4.22. The molecule has 0 radical (unpaired) electrons. The van der Waals surface area contributed by atoms with Gasteiger partial charge in [-0.15, -0.1) is 0 Å². The van der Waals surface area contributed by atoms with E-state index < -0.39 is 0 Å². The molecule has 2 aromatic carbocycles. The summed E-state index contributed by atoms with van der Waals surface area (Å²) in [6, 6.07) is 15.3. The van der Waals surface area contributed by atoms with E-state index in [-0.39, 0.29) is 17.6 Å². The lowest BCUT2D eigenvalue weighted by Crippen LogP contribution is -2.37. The van der Waals surface area contributed by atoms with E-state index in [0.717, 1.165) is 64.3 Å². The molecule has 7 nitrogen and oxygen atoms in total. The van der Waals surface area contributed by atoms with Crippen molar-refractivity contribution in [2.24, 2.45) is 0 Å². The van der Waals surface area contributed by atoms with Gasteiger partial charge in [0.2, 0.25) is 11.8 Å². The summed E-state index contributed by atoms with van der Waals surface area (Å²) < 4.78 is 0. The van der Waals surface area contributed by atoms with E-state index in [1.54, 1.807) is 0 Å². The van der Waals surface area contributed by atoms with Crippen LogP contribution in [0, 0.1) is 0 Å². The van der Waals surface area contributed by atoms with Crippen molar-refractivity contribution >= 4 is 41.1 Å². The summed E-state index contributed by atoms with van der Waals surface area (Å²) >= 11 is 0. The summed E-state index contributed by atoms with van der Waals surface area (Å²) in [5, 5.41) is 5.57. The minimum absolute atomic E-state index is 0.0977. The largest absolute Gasteiger partial charge is 0.326 e. The van der Waals surface area contributed by atoms with Crippen molar-refractivity contribution in [2.45, 2.75) is 20.3 Å². The number of ketones is 1. The number of hydrogen-bond donors (Lipinski definition) is 2. The zero-order valence-electron chi connectivity index (χ0n) is 21.9. The Morgan fingerprint density at radius 2 is 1.19 bits per heavy atom. The fourth-order valence-electron chi connectivity index (χ4n) is 4.84. The summed E-state index contributed by atoms with van der Waals surface area (Å²) in [7, 11) is 4.14. The van der Waals surface area contributed by atoms with E-state index in [4.69, 9.17) is 0 Å². The van der Waals surface area contributed by atoms with Gasteiger partial charge in [0.25, 0.3) is 0 Å². The summed E-state index contributed by atoms with van der Waals surface area (Å²) in [4.78, 5) is 40.8. The van der Waals surface area contributed by atoms with Crippen LogP contribution in [-0.4, -0.2) is 67.7 Å². The normalized spacial score (nSPS) is 21.4. The summed E-state index contributed by atoms with van der Waals surface area (Å²) in [6.07, 6.45) is 4.93. The zero-order chi connectivity index (χ0) is 26.5. The predicted molar refractivity (Wildman–Crippen MR) is 149 cm³/mol. The highest BCUT2D eigenvalue weighted by atomic mass is 16.2. The molecule has 0 atom stereocenters. The first-order chi connectivity index (χ1) is 17.7. The van der Waals surface area contributed by atoms with Gasteiger partial charge < -0.3 is 15.5 Å². The van der Waals surface area contributed by atoms with Crippen molar-refractivity contribution < 1.29 is 14.4 Å². The number of hydrogen-bond acceptors (Lipinski definition) is 5. The van der Waals surface area contributed by atoms with Crippen LogP contribution in [0.15, 0.2) is 70.8 Å². The van der Waals surface area contributed by atoms with Gasteiger partial charge in [-0.05, 0) is 73.1 Å². The lowest BCUT2D eigenvalue weighted by molar-refractivity contribution is -0.115. The Morgan fingerprint density at radius 1 is 0.703 bits per heavy atom. The molecule has 2 aliphatic heterocycles. The monoisotopic (exact) mass is 498 g/mol. The number of anilines is 2. The average molecular weight is 499 g/mol. The molecule has 0 spiro atoms. The van der Waals surface area contributed by atoms with E-state index in [2.05, 4.69) is 33.6 Å². The Hall–Kier alpha value is -3.81. The smallest absolute Gasteiger partial charge is 0.221 e. The van der Waals surface area contributed by atoms with Crippen LogP contribution in [-0.2, 0) is 14.4 Å². The lowest BCUT2D eigenvalue weighted by Gasteiger charge is -2.33. The Balaban J connectivity index is 1.65. The zero-order valence-corrected chi connectivity index (χ0v) is 21.9. The number of nitrogens with one attached hydrogen (secondary N) is 2. The highest BCUT2D eigenvalue weighted by Crippen LogP contribution is 2.31. The third-order valence-corrected chi connectivity index (χ3v) is 6.51. The first-order valence-corrected chi connectivity index (χ1v) is 12.5. The second-order valence-electron chi connectivity index (χ2n) is 9.89. The average Bonchev–Trinajstić information content (AvgIpc) is 2.83. The quantitative estimate of drug-likeness (QED) is 0.617. The van der Waals surface area contributed by atoms with Crippen molar-refractivity contribution in [3.8, 4) is 0 Å². The number of Topliss-reactive ketones (excluding diaryl/α,β-unsaturated/α-hetero) is 1. The third-order valence-electron chi connectivity index (χ3n) is 6.51. The number of carbonyl (C=O) groups is 3. The molecule has 2 N–H and O–H groups in total. The Bertz CT molecular complexity index is 1290.